The summed E-state index contributed by atoms with van der Waals surface area (Å²) in [6.07, 6.45) is 3.65. The summed E-state index contributed by atoms with van der Waals surface area (Å²) < 4.78 is 33.6. The number of hydrogen-bond acceptors (Lipinski definition) is 10. The first kappa shape index (κ1) is 32.4. The summed E-state index contributed by atoms with van der Waals surface area (Å²) in [5.74, 6) is 3.64. The van der Waals surface area contributed by atoms with Gasteiger partial charge in [0.2, 0.25) is 11.5 Å². The highest BCUT2D eigenvalue weighted by molar-refractivity contribution is 5.54. The normalized spacial score (nSPS) is 11.0. The molecule has 44 heavy (non-hydrogen) atoms. The average molecular weight is 603 g/mol. The van der Waals surface area contributed by atoms with E-state index in [1.165, 1.54) is 0 Å². The van der Waals surface area contributed by atoms with Crippen molar-refractivity contribution < 1.29 is 28.4 Å². The van der Waals surface area contributed by atoms with Crippen LogP contribution in [0.25, 0.3) is 0 Å². The molecule has 0 bridgehead atoms. The summed E-state index contributed by atoms with van der Waals surface area (Å²) in [5.41, 5.74) is 4.05. The maximum absolute atomic E-state index is 5.62. The molecule has 10 nitrogen and oxygen atoms in total. The minimum Gasteiger partial charge on any atom is -0.493 e. The largest absolute Gasteiger partial charge is 0.493 e. The van der Waals surface area contributed by atoms with Crippen molar-refractivity contribution in [3.05, 3.63) is 95.6 Å². The van der Waals surface area contributed by atoms with E-state index in [1.807, 2.05) is 73.1 Å². The van der Waals surface area contributed by atoms with Crippen molar-refractivity contribution in [3.63, 3.8) is 0 Å². The molecule has 0 aliphatic heterocycles. The highest BCUT2D eigenvalue weighted by Gasteiger charge is 2.19. The molecule has 0 fully saturated rings. The standard InChI is InChI=1S/C34H42N4O6/c1-39-29-17-25(18-30(40-2)33(29)43-5)21-37(23-27-11-7-9-13-35-27)15-16-38(24-28-12-8-10-14-36-28)22-26-19-31(41-3)34(44-6)32(20-26)42-4/h7-14,17-20H,15-16,21-24H2,1-6H3. The highest BCUT2D eigenvalue weighted by atomic mass is 16.5. The summed E-state index contributed by atoms with van der Waals surface area (Å²) >= 11 is 0. The first-order chi connectivity index (χ1) is 21.5. The van der Waals surface area contributed by atoms with Gasteiger partial charge in [0.05, 0.1) is 54.0 Å². The van der Waals surface area contributed by atoms with Crippen LogP contribution in [0.1, 0.15) is 22.5 Å². The Bertz CT molecular complexity index is 1290. The molecule has 10 heteroatoms. The molecule has 2 aromatic carbocycles. The Morgan fingerprint density at radius 1 is 0.477 bits per heavy atom. The molecule has 0 amide bonds. The van der Waals surface area contributed by atoms with E-state index in [1.54, 1.807) is 42.7 Å². The van der Waals surface area contributed by atoms with Crippen LogP contribution in [0.2, 0.25) is 0 Å². The van der Waals surface area contributed by atoms with Gasteiger partial charge >= 0.3 is 0 Å². The fraction of sp³-hybridized carbons (Fsp3) is 0.353. The molecular formula is C34H42N4O6. The minimum absolute atomic E-state index is 0.571. The third-order valence-corrected chi connectivity index (χ3v) is 7.22. The van der Waals surface area contributed by atoms with Crippen molar-refractivity contribution in [3.8, 4) is 34.5 Å². The van der Waals surface area contributed by atoms with Gasteiger partial charge in [0.1, 0.15) is 0 Å². The van der Waals surface area contributed by atoms with Crippen LogP contribution >= 0.6 is 0 Å². The van der Waals surface area contributed by atoms with Gasteiger partial charge in [-0.3, -0.25) is 19.8 Å². The van der Waals surface area contributed by atoms with Crippen molar-refractivity contribution >= 4 is 0 Å². The number of pyridine rings is 2. The zero-order valence-corrected chi connectivity index (χ0v) is 26.4. The second kappa shape index (κ2) is 16.3. The monoisotopic (exact) mass is 602 g/mol. The number of methoxy groups -OCH3 is 6. The van der Waals surface area contributed by atoms with Crippen LogP contribution in [0.15, 0.2) is 73.1 Å². The van der Waals surface area contributed by atoms with Crippen molar-refractivity contribution in [2.24, 2.45) is 0 Å². The van der Waals surface area contributed by atoms with Crippen molar-refractivity contribution in [2.45, 2.75) is 26.2 Å². The van der Waals surface area contributed by atoms with Crippen molar-refractivity contribution in [1.82, 2.24) is 19.8 Å². The molecule has 0 unspecified atom stereocenters. The van der Waals surface area contributed by atoms with E-state index in [2.05, 4.69) is 19.8 Å². The summed E-state index contributed by atoms with van der Waals surface area (Å²) in [4.78, 5) is 13.9. The Hall–Kier alpha value is -4.54. The molecule has 0 aliphatic rings. The van der Waals surface area contributed by atoms with Gasteiger partial charge in [0.25, 0.3) is 0 Å². The van der Waals surface area contributed by atoms with E-state index in [0.717, 1.165) is 35.6 Å². The van der Waals surface area contributed by atoms with Crippen molar-refractivity contribution in [1.29, 1.82) is 0 Å². The van der Waals surface area contributed by atoms with E-state index in [-0.39, 0.29) is 0 Å². The number of ether oxygens (including phenoxy) is 6. The van der Waals surface area contributed by atoms with Crippen LogP contribution in [0.4, 0.5) is 0 Å². The number of rotatable bonds is 17. The Kier molecular flexibility index (Phi) is 12.0. The average Bonchev–Trinajstić information content (AvgIpc) is 3.06. The Morgan fingerprint density at radius 2 is 0.841 bits per heavy atom. The molecule has 0 aliphatic carbocycles. The number of aromatic nitrogens is 2. The van der Waals surface area contributed by atoms with E-state index in [4.69, 9.17) is 28.4 Å². The number of benzene rings is 2. The first-order valence-corrected chi connectivity index (χ1v) is 14.3. The number of hydrogen-bond donors (Lipinski definition) is 0. The lowest BCUT2D eigenvalue weighted by Gasteiger charge is -2.28. The maximum atomic E-state index is 5.62. The fourth-order valence-corrected chi connectivity index (χ4v) is 5.12. The van der Waals surface area contributed by atoms with Gasteiger partial charge in [0, 0.05) is 51.7 Å². The second-order valence-electron chi connectivity index (χ2n) is 10.1. The zero-order chi connectivity index (χ0) is 31.3. The Labute approximate surface area is 260 Å². The summed E-state index contributed by atoms with van der Waals surface area (Å²) in [5, 5.41) is 0. The highest BCUT2D eigenvalue weighted by Crippen LogP contribution is 2.39. The van der Waals surface area contributed by atoms with E-state index >= 15 is 0 Å². The van der Waals surface area contributed by atoms with Crippen LogP contribution in [0, 0.1) is 0 Å². The molecule has 0 saturated heterocycles. The van der Waals surface area contributed by atoms with Gasteiger partial charge in [-0.25, -0.2) is 0 Å². The van der Waals surface area contributed by atoms with Gasteiger partial charge in [-0.2, -0.15) is 0 Å². The van der Waals surface area contributed by atoms with Crippen LogP contribution in [-0.2, 0) is 26.2 Å². The smallest absolute Gasteiger partial charge is 0.203 e. The molecule has 4 rings (SSSR count). The lowest BCUT2D eigenvalue weighted by atomic mass is 10.1. The van der Waals surface area contributed by atoms with Crippen LogP contribution in [0.5, 0.6) is 34.5 Å². The summed E-state index contributed by atoms with van der Waals surface area (Å²) in [6, 6.07) is 20.0. The predicted octanol–water partition coefficient (Wildman–Crippen LogP) is 5.23. The fourth-order valence-electron chi connectivity index (χ4n) is 5.12. The zero-order valence-electron chi connectivity index (χ0n) is 26.4. The van der Waals surface area contributed by atoms with E-state index in [9.17, 15) is 0 Å². The molecule has 0 spiro atoms. The first-order valence-electron chi connectivity index (χ1n) is 14.3. The van der Waals surface area contributed by atoms with E-state index in [0.29, 0.717) is 60.7 Å². The van der Waals surface area contributed by atoms with Gasteiger partial charge in [0.15, 0.2) is 23.0 Å². The molecule has 0 N–H and O–H groups in total. The third kappa shape index (κ3) is 8.52. The summed E-state index contributed by atoms with van der Waals surface area (Å²) in [6.45, 7) is 4.14. The van der Waals surface area contributed by atoms with Crippen LogP contribution < -0.4 is 28.4 Å². The van der Waals surface area contributed by atoms with Gasteiger partial charge in [-0.1, -0.05) is 12.1 Å². The molecule has 0 radical (unpaired) electrons. The maximum Gasteiger partial charge on any atom is 0.203 e. The second-order valence-corrected chi connectivity index (χ2v) is 10.1. The van der Waals surface area contributed by atoms with E-state index < -0.39 is 0 Å². The lowest BCUT2D eigenvalue weighted by Crippen LogP contribution is -2.34. The lowest BCUT2D eigenvalue weighted by molar-refractivity contribution is 0.179. The predicted molar refractivity (Wildman–Crippen MR) is 169 cm³/mol. The van der Waals surface area contributed by atoms with Crippen LogP contribution in [0.3, 0.4) is 0 Å². The molecule has 0 saturated carbocycles. The molecular weight excluding hydrogens is 560 g/mol. The van der Waals surface area contributed by atoms with Gasteiger partial charge in [-0.05, 0) is 59.7 Å². The molecule has 2 heterocycles. The summed E-state index contributed by atoms with van der Waals surface area (Å²) in [7, 11) is 9.74. The van der Waals surface area contributed by atoms with Gasteiger partial charge in [-0.15, -0.1) is 0 Å². The van der Waals surface area contributed by atoms with Crippen molar-refractivity contribution in [2.75, 3.05) is 55.7 Å². The Morgan fingerprint density at radius 3 is 1.11 bits per heavy atom. The number of nitrogens with zero attached hydrogens (tertiary/aromatic N) is 4. The molecule has 234 valence electrons. The SMILES string of the molecule is COc1cc(CN(CCN(Cc2cc(OC)c(OC)c(OC)c2)Cc2ccccn2)Cc2ccccn2)cc(OC)c1OC. The topological polar surface area (TPSA) is 87.6 Å². The quantitative estimate of drug-likeness (QED) is 0.160. The molecule has 4 aromatic rings. The van der Waals surface area contributed by atoms with Crippen LogP contribution in [-0.4, -0.2) is 75.5 Å². The van der Waals surface area contributed by atoms with Gasteiger partial charge < -0.3 is 28.4 Å². The third-order valence-electron chi connectivity index (χ3n) is 7.22. The Balaban J connectivity index is 1.62. The molecule has 2 aromatic heterocycles. The molecule has 0 atom stereocenters. The minimum atomic E-state index is 0.571.